The highest BCUT2D eigenvalue weighted by molar-refractivity contribution is 6.76. The molecule has 4 fully saturated rings. The molecule has 0 radical (unpaired) electrons. The lowest BCUT2D eigenvalue weighted by atomic mass is 9.82. The highest BCUT2D eigenvalue weighted by Gasteiger charge is 2.56. The number of nitrogens with zero attached hydrogens (tertiary/aromatic N) is 7. The number of nitrogens with one attached hydrogen (secondary N) is 1. The lowest BCUT2D eigenvalue weighted by molar-refractivity contribution is -0.151. The molecule has 59 heavy (non-hydrogen) atoms. The van der Waals surface area contributed by atoms with Crippen molar-refractivity contribution in [3.63, 3.8) is 0 Å². The van der Waals surface area contributed by atoms with Crippen LogP contribution in [0.15, 0.2) is 37.2 Å². The molecule has 2 saturated carbocycles. The van der Waals surface area contributed by atoms with Crippen LogP contribution in [0.2, 0.25) is 56.5 Å². The number of ether oxygens (including phenoxy) is 3. The van der Waals surface area contributed by atoms with Crippen LogP contribution in [0.4, 0.5) is 5.82 Å². The Morgan fingerprint density at radius 1 is 0.831 bits per heavy atom. The Balaban J connectivity index is 0.000000162. The summed E-state index contributed by atoms with van der Waals surface area (Å²) in [5, 5.41) is 15.3. The summed E-state index contributed by atoms with van der Waals surface area (Å²) in [5.41, 5.74) is 1.92. The zero-order valence-corrected chi connectivity index (χ0v) is 38.9. The first-order chi connectivity index (χ1) is 28.0. The molecule has 2 aliphatic carbocycles. The van der Waals surface area contributed by atoms with Crippen LogP contribution in [-0.2, 0) is 37.3 Å². The van der Waals surface area contributed by atoms with Gasteiger partial charge in [0.2, 0.25) is 0 Å². The van der Waals surface area contributed by atoms with Crippen molar-refractivity contribution in [1.82, 2.24) is 34.4 Å². The number of fused-ring (bicyclic) bond motifs is 2. The number of hydrogen-bond acceptors (Lipinski definition) is 11. The molecule has 324 valence electrons. The van der Waals surface area contributed by atoms with Crippen LogP contribution in [0.3, 0.4) is 0 Å². The van der Waals surface area contributed by atoms with Gasteiger partial charge in [0, 0.05) is 66.8 Å². The number of piperidine rings is 2. The van der Waals surface area contributed by atoms with Gasteiger partial charge in [0.25, 0.3) is 0 Å². The van der Waals surface area contributed by atoms with Crippen molar-refractivity contribution in [1.29, 1.82) is 0 Å². The molecule has 17 heteroatoms. The highest BCUT2D eigenvalue weighted by Crippen LogP contribution is 2.56. The molecule has 4 aliphatic rings. The molecule has 2 atom stereocenters. The first-order valence-corrected chi connectivity index (χ1v) is 29.1. The fourth-order valence-corrected chi connectivity index (χ4v) is 9.91. The van der Waals surface area contributed by atoms with Crippen molar-refractivity contribution in [2.75, 3.05) is 50.9 Å². The summed E-state index contributed by atoms with van der Waals surface area (Å²) < 4.78 is 20.7. The van der Waals surface area contributed by atoms with E-state index in [1.54, 1.807) is 6.33 Å². The van der Waals surface area contributed by atoms with Gasteiger partial charge in [-0.05, 0) is 81.6 Å². The minimum absolute atomic E-state index is 0.0292. The molecule has 6 heterocycles. The molecule has 0 bridgehead atoms. The summed E-state index contributed by atoms with van der Waals surface area (Å²) in [5.74, 6) is 0.258. The van der Waals surface area contributed by atoms with E-state index in [9.17, 15) is 14.7 Å². The van der Waals surface area contributed by atoms with Crippen molar-refractivity contribution in [3.8, 4) is 0 Å². The van der Waals surface area contributed by atoms with E-state index < -0.39 is 22.1 Å². The zero-order valence-electron chi connectivity index (χ0n) is 36.1. The largest absolute Gasteiger partial charge is 0.481 e. The Morgan fingerprint density at radius 3 is 1.97 bits per heavy atom. The topological polar surface area (TPSA) is 159 Å². The zero-order chi connectivity index (χ0) is 42.4. The molecule has 0 aromatic carbocycles. The summed E-state index contributed by atoms with van der Waals surface area (Å²) in [6, 6.07) is 6.28. The van der Waals surface area contributed by atoms with E-state index in [1.807, 2.05) is 34.5 Å². The van der Waals surface area contributed by atoms with Crippen LogP contribution in [0.5, 0.6) is 0 Å². The number of carboxylic acid groups (broad SMARTS) is 1. The van der Waals surface area contributed by atoms with Gasteiger partial charge >= 0.3 is 11.9 Å². The van der Waals surface area contributed by atoms with Gasteiger partial charge < -0.3 is 38.7 Å². The third kappa shape index (κ3) is 11.7. The second-order valence-electron chi connectivity index (χ2n) is 19.2. The number of carboxylic acids is 1. The second kappa shape index (κ2) is 19.1. The number of hydrogen-bond donors (Lipinski definition) is 2. The Hall–Kier alpha value is -3.42. The van der Waals surface area contributed by atoms with E-state index in [4.69, 9.17) is 25.8 Å². The van der Waals surface area contributed by atoms with Gasteiger partial charge in [-0.1, -0.05) is 50.9 Å². The fourth-order valence-electron chi connectivity index (χ4n) is 8.21. The van der Waals surface area contributed by atoms with Gasteiger partial charge in [-0.15, -0.1) is 0 Å². The third-order valence-electron chi connectivity index (χ3n) is 12.2. The molecule has 8 rings (SSSR count). The summed E-state index contributed by atoms with van der Waals surface area (Å²) >= 11 is 5.99. The van der Waals surface area contributed by atoms with Crippen molar-refractivity contribution in [2.24, 2.45) is 22.7 Å². The van der Waals surface area contributed by atoms with Gasteiger partial charge in [0.15, 0.2) is 0 Å². The van der Waals surface area contributed by atoms with Crippen LogP contribution < -0.4 is 10.2 Å². The molecule has 0 amide bonds. The number of esters is 1. The van der Waals surface area contributed by atoms with Gasteiger partial charge in [-0.25, -0.2) is 19.9 Å². The first kappa shape index (κ1) is 45.1. The van der Waals surface area contributed by atoms with E-state index in [-0.39, 0.29) is 28.6 Å². The number of aromatic nitrogens is 6. The first-order valence-electron chi connectivity index (χ1n) is 21.3. The van der Waals surface area contributed by atoms with E-state index in [2.05, 4.69) is 75.5 Å². The Morgan fingerprint density at radius 2 is 1.41 bits per heavy atom. The van der Waals surface area contributed by atoms with Gasteiger partial charge in [-0.2, -0.15) is 0 Å². The third-order valence-corrected chi connectivity index (χ3v) is 15.9. The molecule has 14 nitrogen and oxygen atoms in total. The maximum atomic E-state index is 11.6. The maximum Gasteiger partial charge on any atom is 0.309 e. The van der Waals surface area contributed by atoms with Crippen molar-refractivity contribution < 1.29 is 28.9 Å². The molecule has 4 aromatic heterocycles. The molecule has 2 saturated heterocycles. The van der Waals surface area contributed by atoms with Gasteiger partial charge in [0.05, 0.1) is 29.2 Å². The van der Waals surface area contributed by atoms with Crippen molar-refractivity contribution in [2.45, 2.75) is 110 Å². The summed E-state index contributed by atoms with van der Waals surface area (Å²) in [6.45, 7) is 22.5. The van der Waals surface area contributed by atoms with Crippen molar-refractivity contribution in [3.05, 3.63) is 42.3 Å². The SMILES string of the molecule is CCOC(=O)C1CCNCC12CC2.C[Si](C)(C)CCOCn1ccc2c(Cl)ncnc21.C[Si](C)(C)CCOCn1ccc2c(N3CCC(C(=O)O)C4(CC4)C3)ncnc21. The van der Waals surface area contributed by atoms with E-state index >= 15 is 0 Å². The van der Waals surface area contributed by atoms with E-state index in [0.717, 1.165) is 92.6 Å². The number of carbonyl (C=O) groups is 2. The number of carbonyl (C=O) groups excluding carboxylic acids is 1. The molecule has 4 aromatic rings. The van der Waals surface area contributed by atoms with Crippen molar-refractivity contribution >= 4 is 67.6 Å². The quantitative estimate of drug-likeness (QED) is 0.0550. The van der Waals surface area contributed by atoms with Crippen LogP contribution in [0.25, 0.3) is 22.1 Å². The standard InChI is InChI=1S/C20H30N4O3Si.C12H18ClN3OSi.C10H17NO2/c1-28(2,3)11-10-27-14-24-8-4-15-17(21-13-22-18(15)24)23-9-5-16(19(25)26)20(12-23)6-7-20;1-18(2,3)7-6-17-9-16-5-4-10-11(13)14-8-15-12(10)16;1-2-13-9(12)8-3-6-11-7-10(8)4-5-10/h4,8,13,16H,5-7,9-12,14H2,1-3H3,(H,25,26);4-5,8H,6-7,9H2,1-3H3;8,11H,2-7H2,1H3. The number of aliphatic carboxylic acids is 1. The average Bonchev–Trinajstić information content (AvgIpc) is 4.03. The predicted molar refractivity (Wildman–Crippen MR) is 237 cm³/mol. The van der Waals surface area contributed by atoms with Gasteiger partial charge in [-0.3, -0.25) is 9.59 Å². The Labute approximate surface area is 355 Å². The Kier molecular flexibility index (Phi) is 14.6. The van der Waals surface area contributed by atoms with Crippen LogP contribution >= 0.6 is 11.6 Å². The minimum Gasteiger partial charge on any atom is -0.481 e. The molecule has 2 spiro atoms. The lowest BCUT2D eigenvalue weighted by Crippen LogP contribution is -2.45. The fraction of sp³-hybridized carbons (Fsp3) is 0.667. The van der Waals surface area contributed by atoms with E-state index in [1.165, 1.54) is 25.2 Å². The van der Waals surface area contributed by atoms with E-state index in [0.29, 0.717) is 31.6 Å². The molecular formula is C42H65ClN8O6Si2. The summed E-state index contributed by atoms with van der Waals surface area (Å²) in [4.78, 5) is 42.7. The Bertz CT molecular complexity index is 2040. The van der Waals surface area contributed by atoms with Crippen LogP contribution in [0.1, 0.15) is 45.4 Å². The monoisotopic (exact) mass is 868 g/mol. The predicted octanol–water partition coefficient (Wildman–Crippen LogP) is 7.77. The second-order valence-corrected chi connectivity index (χ2v) is 30.8. The normalized spacial score (nSPS) is 20.5. The number of halogens is 1. The highest BCUT2D eigenvalue weighted by atomic mass is 35.5. The lowest BCUT2D eigenvalue weighted by Gasteiger charge is -2.38. The van der Waals surface area contributed by atoms with Crippen LogP contribution in [-0.4, -0.2) is 108 Å². The average molecular weight is 870 g/mol. The summed E-state index contributed by atoms with van der Waals surface area (Å²) in [6.07, 6.45) is 13.1. The number of rotatable bonds is 14. The maximum absolute atomic E-state index is 11.6. The molecule has 2 unspecified atom stereocenters. The molecular weight excluding hydrogens is 804 g/mol. The van der Waals surface area contributed by atoms with Crippen LogP contribution in [0, 0.1) is 22.7 Å². The number of anilines is 1. The molecule has 2 N–H and O–H groups in total. The minimum atomic E-state index is -1.09. The smallest absolute Gasteiger partial charge is 0.309 e. The molecule has 2 aliphatic heterocycles. The van der Waals surface area contributed by atoms with Gasteiger partial charge in [0.1, 0.15) is 48.4 Å². The summed E-state index contributed by atoms with van der Waals surface area (Å²) in [7, 11) is -2.12.